The van der Waals surface area contributed by atoms with Gasteiger partial charge in [-0.2, -0.15) is 0 Å². The quantitative estimate of drug-likeness (QED) is 0.106. The van der Waals surface area contributed by atoms with Crippen molar-refractivity contribution in [3.63, 3.8) is 0 Å². The highest BCUT2D eigenvalue weighted by Gasteiger charge is 1.96. The maximum atomic E-state index is 8.64. The van der Waals surface area contributed by atoms with E-state index in [1.165, 1.54) is 167 Å². The molecule has 0 spiro atoms. The van der Waals surface area contributed by atoms with E-state index in [2.05, 4.69) is 6.92 Å². The van der Waals surface area contributed by atoms with Gasteiger partial charge in [0.15, 0.2) is 0 Å². The fourth-order valence-electron chi connectivity index (χ4n) is 4.86. The highest BCUT2D eigenvalue weighted by molar-refractivity contribution is 4.52. The normalized spacial score (nSPS) is 11.5. The Labute approximate surface area is 210 Å². The van der Waals surface area contributed by atoms with Gasteiger partial charge in [-0.3, -0.25) is 0 Å². The van der Waals surface area contributed by atoms with Crippen LogP contribution in [0.3, 0.4) is 0 Å². The van der Waals surface area contributed by atoms with Crippen LogP contribution in [-0.2, 0) is 4.74 Å². The molecule has 0 unspecified atom stereocenters. The Bertz CT molecular complexity index is 288. The van der Waals surface area contributed by atoms with Crippen molar-refractivity contribution in [1.82, 2.24) is 0 Å². The maximum Gasteiger partial charge on any atom is 0.0697 e. The predicted octanol–water partition coefficient (Wildman–Crippen LogP) is 10.5. The van der Waals surface area contributed by atoms with Crippen molar-refractivity contribution in [1.29, 1.82) is 0 Å². The summed E-state index contributed by atoms with van der Waals surface area (Å²) in [6, 6.07) is 0. The third kappa shape index (κ3) is 31.9. The molecule has 0 amide bonds. The van der Waals surface area contributed by atoms with Gasteiger partial charge in [0.25, 0.3) is 0 Å². The van der Waals surface area contributed by atoms with Crippen molar-refractivity contribution in [2.24, 2.45) is 0 Å². The van der Waals surface area contributed by atoms with Crippen molar-refractivity contribution >= 4 is 0 Å². The van der Waals surface area contributed by atoms with Gasteiger partial charge in [0, 0.05) is 6.61 Å². The number of aliphatic hydroxyl groups excluding tert-OH is 1. The Hall–Kier alpha value is -0.0800. The maximum absolute atomic E-state index is 8.64. The van der Waals surface area contributed by atoms with E-state index in [0.717, 1.165) is 13.0 Å². The molecule has 0 aromatic carbocycles. The molecule has 2 heteroatoms. The smallest absolute Gasteiger partial charge is 0.0697 e. The number of unbranched alkanes of at least 4 members (excludes halogenated alkanes) is 26. The fourth-order valence-corrected chi connectivity index (χ4v) is 4.86. The van der Waals surface area contributed by atoms with Crippen LogP contribution in [0.25, 0.3) is 0 Å². The van der Waals surface area contributed by atoms with E-state index in [-0.39, 0.29) is 6.61 Å². The monoisotopic (exact) mass is 468 g/mol. The summed E-state index contributed by atoms with van der Waals surface area (Å²) in [5.74, 6) is 0. The van der Waals surface area contributed by atoms with Gasteiger partial charge in [-0.15, -0.1) is 0 Å². The number of hydrogen-bond donors (Lipinski definition) is 1. The molecule has 33 heavy (non-hydrogen) atoms. The molecule has 200 valence electrons. The van der Waals surface area contributed by atoms with Crippen LogP contribution in [0.4, 0.5) is 0 Å². The molecule has 0 heterocycles. The van der Waals surface area contributed by atoms with Crippen molar-refractivity contribution in [3.05, 3.63) is 0 Å². The van der Waals surface area contributed by atoms with E-state index < -0.39 is 0 Å². The van der Waals surface area contributed by atoms with E-state index in [1.54, 1.807) is 0 Å². The Kier molecular flexibility index (Phi) is 31.8. The first-order valence-corrected chi connectivity index (χ1v) is 15.6. The van der Waals surface area contributed by atoms with Gasteiger partial charge < -0.3 is 9.84 Å². The largest absolute Gasteiger partial charge is 0.394 e. The zero-order chi connectivity index (χ0) is 23.9. The van der Waals surface area contributed by atoms with Crippen molar-refractivity contribution in [2.75, 3.05) is 19.8 Å². The summed E-state index contributed by atoms with van der Waals surface area (Å²) >= 11 is 0. The molecule has 1 N–H and O–H groups in total. The predicted molar refractivity (Wildman–Crippen MR) is 148 cm³/mol. The van der Waals surface area contributed by atoms with Crippen LogP contribution < -0.4 is 0 Å². The van der Waals surface area contributed by atoms with E-state index >= 15 is 0 Å². The van der Waals surface area contributed by atoms with E-state index in [1.807, 2.05) is 0 Å². The second-order valence-electron chi connectivity index (χ2n) is 10.5. The van der Waals surface area contributed by atoms with Gasteiger partial charge in [0.1, 0.15) is 0 Å². The minimum atomic E-state index is 0.152. The average molecular weight is 469 g/mol. The van der Waals surface area contributed by atoms with Crippen LogP contribution in [0, 0.1) is 0 Å². The molecule has 0 radical (unpaired) electrons. The van der Waals surface area contributed by atoms with E-state index in [0.29, 0.717) is 6.61 Å². The minimum Gasteiger partial charge on any atom is -0.394 e. The van der Waals surface area contributed by atoms with Gasteiger partial charge >= 0.3 is 0 Å². The third-order valence-electron chi connectivity index (χ3n) is 7.13. The van der Waals surface area contributed by atoms with E-state index in [9.17, 15) is 0 Å². The molecule has 0 aliphatic rings. The highest BCUT2D eigenvalue weighted by atomic mass is 16.5. The molecule has 0 atom stereocenters. The third-order valence-corrected chi connectivity index (χ3v) is 7.13. The lowest BCUT2D eigenvalue weighted by Crippen LogP contribution is -2.00. The van der Waals surface area contributed by atoms with Gasteiger partial charge in [0.05, 0.1) is 13.2 Å². The van der Waals surface area contributed by atoms with E-state index in [4.69, 9.17) is 9.84 Å². The molecule has 0 saturated carbocycles. The first-order chi connectivity index (χ1) is 16.4. The van der Waals surface area contributed by atoms with Gasteiger partial charge in [-0.1, -0.05) is 174 Å². The Morgan fingerprint density at radius 2 is 0.576 bits per heavy atom. The average Bonchev–Trinajstić information content (AvgIpc) is 2.83. The number of aliphatic hydroxyl groups is 1. The minimum absolute atomic E-state index is 0.152. The Balaban J connectivity index is 2.99. The van der Waals surface area contributed by atoms with Crippen LogP contribution >= 0.6 is 0 Å². The summed E-state index contributed by atoms with van der Waals surface area (Å²) in [7, 11) is 0. The summed E-state index contributed by atoms with van der Waals surface area (Å²) in [6.45, 7) is 3.77. The molecule has 0 aliphatic heterocycles. The van der Waals surface area contributed by atoms with Crippen LogP contribution in [0.5, 0.6) is 0 Å². The topological polar surface area (TPSA) is 29.5 Å². The fraction of sp³-hybridized carbons (Fsp3) is 1.00. The van der Waals surface area contributed by atoms with Crippen molar-refractivity contribution < 1.29 is 9.84 Å². The number of hydrogen-bond acceptors (Lipinski definition) is 2. The van der Waals surface area contributed by atoms with Crippen LogP contribution in [-0.4, -0.2) is 24.9 Å². The molecule has 0 bridgehead atoms. The lowest BCUT2D eigenvalue weighted by atomic mass is 10.0. The molecular formula is C31H64O2. The number of ether oxygens (including phenoxy) is 1. The molecule has 0 aromatic rings. The first kappa shape index (κ1) is 32.9. The molecular weight excluding hydrogens is 404 g/mol. The lowest BCUT2D eigenvalue weighted by molar-refractivity contribution is 0.0895. The summed E-state index contributed by atoms with van der Waals surface area (Å²) < 4.78 is 5.29. The first-order valence-electron chi connectivity index (χ1n) is 15.6. The summed E-state index contributed by atoms with van der Waals surface area (Å²) in [5.41, 5.74) is 0. The molecule has 0 rings (SSSR count). The molecule has 2 nitrogen and oxygen atoms in total. The summed E-state index contributed by atoms with van der Waals surface area (Å²) in [6.07, 6.45) is 38.8. The highest BCUT2D eigenvalue weighted by Crippen LogP contribution is 2.16. The van der Waals surface area contributed by atoms with Crippen LogP contribution in [0.2, 0.25) is 0 Å². The summed E-state index contributed by atoms with van der Waals surface area (Å²) in [4.78, 5) is 0. The second kappa shape index (κ2) is 31.9. The molecule has 0 fully saturated rings. The van der Waals surface area contributed by atoms with Gasteiger partial charge in [-0.05, 0) is 6.42 Å². The molecule has 0 aromatic heterocycles. The Morgan fingerprint density at radius 1 is 0.333 bits per heavy atom. The SMILES string of the molecule is CCCCCCCCCCCCCCCCCCCCCCCCCCCCCOCCO. The number of rotatable bonds is 30. The zero-order valence-corrected chi connectivity index (χ0v) is 23.1. The molecule has 0 saturated heterocycles. The van der Waals surface area contributed by atoms with Crippen molar-refractivity contribution in [2.45, 2.75) is 180 Å². The summed E-state index contributed by atoms with van der Waals surface area (Å²) in [5, 5.41) is 8.64. The lowest BCUT2D eigenvalue weighted by Gasteiger charge is -2.05. The molecule has 0 aliphatic carbocycles. The van der Waals surface area contributed by atoms with Crippen LogP contribution in [0.1, 0.15) is 180 Å². The van der Waals surface area contributed by atoms with Crippen LogP contribution in [0.15, 0.2) is 0 Å². The van der Waals surface area contributed by atoms with Crippen molar-refractivity contribution in [3.8, 4) is 0 Å². The standard InChI is InChI=1S/C31H64O2/c1-2-3-4-5-6-7-8-9-10-11-12-13-14-15-16-17-18-19-20-21-22-23-24-25-26-27-28-30-33-31-29-32/h32H,2-31H2,1H3. The Morgan fingerprint density at radius 3 is 0.818 bits per heavy atom. The van der Waals surface area contributed by atoms with Gasteiger partial charge in [-0.25, -0.2) is 0 Å². The zero-order valence-electron chi connectivity index (χ0n) is 23.1. The second-order valence-corrected chi connectivity index (χ2v) is 10.5. The van der Waals surface area contributed by atoms with Gasteiger partial charge in [0.2, 0.25) is 0 Å².